The Morgan fingerprint density at radius 3 is 2.89 bits per heavy atom. The molecule has 0 spiro atoms. The lowest BCUT2D eigenvalue weighted by Gasteiger charge is -2.32. The van der Waals surface area contributed by atoms with E-state index in [9.17, 15) is 0 Å². The van der Waals surface area contributed by atoms with Gasteiger partial charge in [0, 0.05) is 24.6 Å². The molecule has 1 saturated heterocycles. The standard InChI is InChI=1S/C14H23BrN4/c1-10(2)14-17-12(15)8-13(18-14)16-9-11-6-4-5-7-19(11)3/h8,10-11H,4-7,9H2,1-3H3,(H,16,17,18). The Morgan fingerprint density at radius 1 is 1.42 bits per heavy atom. The number of halogens is 1. The Bertz CT molecular complexity index is 422. The second-order valence-electron chi connectivity index (χ2n) is 5.60. The average Bonchev–Trinajstić information content (AvgIpc) is 2.37. The zero-order valence-electron chi connectivity index (χ0n) is 12.0. The van der Waals surface area contributed by atoms with Gasteiger partial charge < -0.3 is 10.2 Å². The van der Waals surface area contributed by atoms with Gasteiger partial charge in [-0.1, -0.05) is 20.3 Å². The molecule has 1 aromatic heterocycles. The maximum Gasteiger partial charge on any atom is 0.134 e. The van der Waals surface area contributed by atoms with Gasteiger partial charge in [-0.3, -0.25) is 0 Å². The highest BCUT2D eigenvalue weighted by atomic mass is 79.9. The van der Waals surface area contributed by atoms with Crippen LogP contribution >= 0.6 is 15.9 Å². The van der Waals surface area contributed by atoms with E-state index in [4.69, 9.17) is 0 Å². The zero-order valence-corrected chi connectivity index (χ0v) is 13.6. The topological polar surface area (TPSA) is 41.1 Å². The lowest BCUT2D eigenvalue weighted by molar-refractivity contribution is 0.194. The Balaban J connectivity index is 1.98. The van der Waals surface area contributed by atoms with Gasteiger partial charge in [0.1, 0.15) is 16.2 Å². The number of likely N-dealkylation sites (tertiary alicyclic amines) is 1. The molecule has 1 N–H and O–H groups in total. The van der Waals surface area contributed by atoms with Crippen LogP contribution in [0.5, 0.6) is 0 Å². The van der Waals surface area contributed by atoms with E-state index in [-0.39, 0.29) is 0 Å². The van der Waals surface area contributed by atoms with Gasteiger partial charge in [0.05, 0.1) is 0 Å². The molecule has 0 aromatic carbocycles. The molecule has 0 radical (unpaired) electrons. The molecule has 106 valence electrons. The minimum absolute atomic E-state index is 0.343. The van der Waals surface area contributed by atoms with Crippen LogP contribution in [0.2, 0.25) is 0 Å². The predicted octanol–water partition coefficient (Wildman–Crippen LogP) is 3.26. The molecule has 0 bridgehead atoms. The quantitative estimate of drug-likeness (QED) is 0.862. The summed E-state index contributed by atoms with van der Waals surface area (Å²) in [7, 11) is 2.21. The van der Waals surface area contributed by atoms with Crippen LogP contribution < -0.4 is 5.32 Å². The smallest absolute Gasteiger partial charge is 0.134 e. The summed E-state index contributed by atoms with van der Waals surface area (Å²) in [5.41, 5.74) is 0. The maximum absolute atomic E-state index is 4.57. The fourth-order valence-electron chi connectivity index (χ4n) is 2.41. The van der Waals surface area contributed by atoms with Crippen LogP contribution in [0.3, 0.4) is 0 Å². The first kappa shape index (κ1) is 14.7. The van der Waals surface area contributed by atoms with Gasteiger partial charge in [-0.2, -0.15) is 0 Å². The number of rotatable bonds is 4. The van der Waals surface area contributed by atoms with Crippen molar-refractivity contribution in [1.29, 1.82) is 0 Å². The number of hydrogen-bond acceptors (Lipinski definition) is 4. The average molecular weight is 327 g/mol. The number of likely N-dealkylation sites (N-methyl/N-ethyl adjacent to an activating group) is 1. The molecule has 1 aliphatic rings. The van der Waals surface area contributed by atoms with Crippen molar-refractivity contribution in [1.82, 2.24) is 14.9 Å². The molecule has 0 aliphatic carbocycles. The van der Waals surface area contributed by atoms with E-state index in [0.717, 1.165) is 22.8 Å². The first-order valence-corrected chi connectivity index (χ1v) is 7.84. The summed E-state index contributed by atoms with van der Waals surface area (Å²) in [6, 6.07) is 2.57. The van der Waals surface area contributed by atoms with Crippen LogP contribution in [0.1, 0.15) is 44.9 Å². The Morgan fingerprint density at radius 2 is 2.21 bits per heavy atom. The van der Waals surface area contributed by atoms with Crippen LogP contribution in [0.4, 0.5) is 5.82 Å². The lowest BCUT2D eigenvalue weighted by Crippen LogP contribution is -2.40. The van der Waals surface area contributed by atoms with Crippen molar-refractivity contribution in [3.05, 3.63) is 16.5 Å². The lowest BCUT2D eigenvalue weighted by atomic mass is 10.0. The highest BCUT2D eigenvalue weighted by Gasteiger charge is 2.18. The van der Waals surface area contributed by atoms with Crippen molar-refractivity contribution < 1.29 is 0 Å². The third-order valence-corrected chi connectivity index (χ3v) is 4.08. The number of hydrogen-bond donors (Lipinski definition) is 1. The summed E-state index contributed by atoms with van der Waals surface area (Å²) in [5, 5.41) is 3.46. The molecular formula is C14H23BrN4. The SMILES string of the molecule is CC(C)c1nc(Br)cc(NCC2CCCCN2C)n1. The number of piperidine rings is 1. The fourth-order valence-corrected chi connectivity index (χ4v) is 2.81. The molecular weight excluding hydrogens is 304 g/mol. The number of anilines is 1. The molecule has 19 heavy (non-hydrogen) atoms. The fraction of sp³-hybridized carbons (Fsp3) is 0.714. The van der Waals surface area contributed by atoms with Crippen molar-refractivity contribution in [2.24, 2.45) is 0 Å². The normalized spacial score (nSPS) is 20.8. The monoisotopic (exact) mass is 326 g/mol. The Kier molecular flexibility index (Phi) is 5.16. The van der Waals surface area contributed by atoms with Gasteiger partial charge in [0.25, 0.3) is 0 Å². The molecule has 1 aliphatic heterocycles. The summed E-state index contributed by atoms with van der Waals surface area (Å²) >= 11 is 3.46. The van der Waals surface area contributed by atoms with Crippen LogP contribution in [0.15, 0.2) is 10.7 Å². The van der Waals surface area contributed by atoms with Gasteiger partial charge in [-0.15, -0.1) is 0 Å². The van der Waals surface area contributed by atoms with Crippen molar-refractivity contribution in [2.75, 3.05) is 25.5 Å². The minimum Gasteiger partial charge on any atom is -0.368 e. The largest absolute Gasteiger partial charge is 0.368 e. The maximum atomic E-state index is 4.57. The summed E-state index contributed by atoms with van der Waals surface area (Å²) in [4.78, 5) is 11.4. The third kappa shape index (κ3) is 4.14. The molecule has 1 aromatic rings. The van der Waals surface area contributed by atoms with Crippen molar-refractivity contribution >= 4 is 21.7 Å². The first-order chi connectivity index (χ1) is 9.06. The highest BCUT2D eigenvalue weighted by Crippen LogP contribution is 2.19. The van der Waals surface area contributed by atoms with Crippen molar-refractivity contribution in [3.63, 3.8) is 0 Å². The number of aromatic nitrogens is 2. The summed E-state index contributed by atoms with van der Waals surface area (Å²) in [6.07, 6.45) is 3.93. The van der Waals surface area contributed by atoms with E-state index in [0.29, 0.717) is 12.0 Å². The summed E-state index contributed by atoms with van der Waals surface area (Å²) in [6.45, 7) is 6.38. The molecule has 0 amide bonds. The molecule has 1 fully saturated rings. The number of nitrogens with zero attached hydrogens (tertiary/aromatic N) is 3. The predicted molar refractivity (Wildman–Crippen MR) is 82.6 cm³/mol. The van der Waals surface area contributed by atoms with Crippen molar-refractivity contribution in [2.45, 2.75) is 45.1 Å². The van der Waals surface area contributed by atoms with Gasteiger partial charge in [-0.05, 0) is 42.4 Å². The molecule has 1 unspecified atom stereocenters. The second-order valence-corrected chi connectivity index (χ2v) is 6.41. The van der Waals surface area contributed by atoms with Crippen LogP contribution in [0, 0.1) is 0 Å². The zero-order chi connectivity index (χ0) is 13.8. The van der Waals surface area contributed by atoms with E-state index in [1.54, 1.807) is 0 Å². The van der Waals surface area contributed by atoms with Gasteiger partial charge in [0.15, 0.2) is 0 Å². The van der Waals surface area contributed by atoms with Crippen LogP contribution in [-0.2, 0) is 0 Å². The van der Waals surface area contributed by atoms with Crippen LogP contribution in [-0.4, -0.2) is 41.0 Å². The van der Waals surface area contributed by atoms with Gasteiger partial charge in [-0.25, -0.2) is 9.97 Å². The highest BCUT2D eigenvalue weighted by molar-refractivity contribution is 9.10. The molecule has 0 saturated carbocycles. The minimum atomic E-state index is 0.343. The molecule has 2 heterocycles. The van der Waals surface area contributed by atoms with Gasteiger partial charge in [0.2, 0.25) is 0 Å². The molecule has 2 rings (SSSR count). The van der Waals surface area contributed by atoms with E-state index < -0.39 is 0 Å². The molecule has 1 atom stereocenters. The Hall–Kier alpha value is -0.680. The summed E-state index contributed by atoms with van der Waals surface area (Å²) in [5.74, 6) is 2.15. The van der Waals surface area contributed by atoms with E-state index in [1.807, 2.05) is 6.07 Å². The first-order valence-electron chi connectivity index (χ1n) is 7.05. The third-order valence-electron chi connectivity index (χ3n) is 3.67. The van der Waals surface area contributed by atoms with Crippen molar-refractivity contribution in [3.8, 4) is 0 Å². The Labute approximate surface area is 124 Å². The van der Waals surface area contributed by atoms with E-state index in [1.165, 1.54) is 25.8 Å². The summed E-state index contributed by atoms with van der Waals surface area (Å²) < 4.78 is 0.852. The van der Waals surface area contributed by atoms with Crippen LogP contribution in [0.25, 0.3) is 0 Å². The number of nitrogens with one attached hydrogen (secondary N) is 1. The van der Waals surface area contributed by atoms with E-state index in [2.05, 4.69) is 57.0 Å². The van der Waals surface area contributed by atoms with Gasteiger partial charge >= 0.3 is 0 Å². The van der Waals surface area contributed by atoms with E-state index >= 15 is 0 Å². The second kappa shape index (κ2) is 6.66. The molecule has 5 heteroatoms. The molecule has 4 nitrogen and oxygen atoms in total.